The van der Waals surface area contributed by atoms with Crippen LogP contribution in [0.4, 0.5) is 0 Å². The number of aliphatic hydroxyl groups excluding tert-OH is 6. The predicted octanol–water partition coefficient (Wildman–Crippen LogP) is -1.78. The minimum absolute atomic E-state index is 0.0278. The first-order valence-corrected chi connectivity index (χ1v) is 14.0. The molecule has 0 bridgehead atoms. The molecule has 4 fully saturated rings. The van der Waals surface area contributed by atoms with Crippen LogP contribution in [-0.4, -0.2) is 136 Å². The molecule has 39 heavy (non-hydrogen) atoms. The Hall–Kier alpha value is -0.810. The molecule has 0 spiro atoms. The zero-order valence-corrected chi connectivity index (χ0v) is 22.4. The van der Waals surface area contributed by atoms with Crippen molar-refractivity contribution < 1.29 is 63.9 Å². The molecule has 0 amide bonds. The van der Waals surface area contributed by atoms with Crippen molar-refractivity contribution in [3.05, 3.63) is 0 Å². The van der Waals surface area contributed by atoms with E-state index in [-0.39, 0.29) is 19.1 Å². The first-order chi connectivity index (χ1) is 18.7. The molecule has 1 saturated carbocycles. The van der Waals surface area contributed by atoms with Gasteiger partial charge >= 0.3 is 0 Å². The number of carbonyl (C=O) groups excluding carboxylic acids is 1. The highest BCUT2D eigenvalue weighted by Gasteiger charge is 2.51. The SMILES string of the molecule is CC1O[C@@H](O[C@@H]2C(C)CCC[C@H]2O[C@@H]2OC(CO)[C@H](O)C3O[C@@H](C=O)[C@H](CO)CCCOC32)[C@@H](O)C(O)[C@@H]1O. The smallest absolute Gasteiger partial charge is 0.187 e. The van der Waals surface area contributed by atoms with Gasteiger partial charge in [-0.15, -0.1) is 0 Å². The fraction of sp³-hybridized carbons (Fsp3) is 0.962. The second-order valence-corrected chi connectivity index (χ2v) is 11.2. The number of hydrogen-bond acceptors (Lipinski definition) is 13. The van der Waals surface area contributed by atoms with E-state index in [0.29, 0.717) is 25.5 Å². The Balaban J connectivity index is 1.54. The quantitative estimate of drug-likeness (QED) is 0.190. The number of hydrogen-bond donors (Lipinski definition) is 6. The van der Waals surface area contributed by atoms with Gasteiger partial charge in [-0.1, -0.05) is 13.3 Å². The summed E-state index contributed by atoms with van der Waals surface area (Å²) in [5, 5.41) is 61.4. The minimum atomic E-state index is -1.47. The molecule has 3 heterocycles. The highest BCUT2D eigenvalue weighted by atomic mass is 16.7. The largest absolute Gasteiger partial charge is 0.396 e. The Kier molecular flexibility index (Phi) is 11.1. The predicted molar refractivity (Wildman–Crippen MR) is 131 cm³/mol. The lowest BCUT2D eigenvalue weighted by atomic mass is 9.85. The van der Waals surface area contributed by atoms with Crippen LogP contribution in [0.1, 0.15) is 46.0 Å². The maximum absolute atomic E-state index is 11.8. The molecule has 4 rings (SSSR count). The normalized spacial score (nSPS) is 49.8. The molecule has 1 aliphatic carbocycles. The maximum atomic E-state index is 11.8. The molecular formula is C26H44O13. The van der Waals surface area contributed by atoms with Crippen molar-refractivity contribution >= 4 is 6.29 Å². The standard InChI is InChI=1S/C26H44O13/c1-12-5-3-7-15(22(12)39-25-21(33)20(32)18(30)13(2)35-25)37-26-24-23(19(31)17(11-29)38-26)36-16(10-28)14(9-27)6-4-8-34-24/h10,12-27,29-33H,3-9,11H2,1-2H3/t12?,13?,14-,15+,16-,17?,18+,19-,20?,21-,22+,23?,24?,25-,26+/m0/s1. The van der Waals surface area contributed by atoms with E-state index in [9.17, 15) is 35.4 Å². The van der Waals surface area contributed by atoms with Crippen molar-refractivity contribution in [1.82, 2.24) is 0 Å². The van der Waals surface area contributed by atoms with Gasteiger partial charge in [-0.05, 0) is 38.5 Å². The van der Waals surface area contributed by atoms with E-state index < -0.39 is 92.2 Å². The molecule has 0 aromatic rings. The van der Waals surface area contributed by atoms with Gasteiger partial charge in [0.2, 0.25) is 0 Å². The van der Waals surface area contributed by atoms with Crippen LogP contribution in [0.2, 0.25) is 0 Å². The monoisotopic (exact) mass is 564 g/mol. The highest BCUT2D eigenvalue weighted by Crippen LogP contribution is 2.36. The average Bonchev–Trinajstić information content (AvgIpc) is 3.02. The second kappa shape index (κ2) is 13.9. The highest BCUT2D eigenvalue weighted by molar-refractivity contribution is 5.56. The van der Waals surface area contributed by atoms with Crippen molar-refractivity contribution in [2.24, 2.45) is 11.8 Å². The van der Waals surface area contributed by atoms with Gasteiger partial charge in [0.05, 0.1) is 24.9 Å². The summed E-state index contributed by atoms with van der Waals surface area (Å²) in [5.74, 6) is -0.498. The van der Waals surface area contributed by atoms with E-state index in [1.165, 1.54) is 0 Å². The third kappa shape index (κ3) is 6.82. The number of fused-ring (bicyclic) bond motifs is 1. The third-order valence-corrected chi connectivity index (χ3v) is 8.46. The van der Waals surface area contributed by atoms with Crippen LogP contribution in [-0.2, 0) is 33.2 Å². The van der Waals surface area contributed by atoms with Gasteiger partial charge in [-0.2, -0.15) is 0 Å². The molecule has 226 valence electrons. The Bertz CT molecular complexity index is 772. The molecule has 13 heteroatoms. The van der Waals surface area contributed by atoms with E-state index >= 15 is 0 Å². The van der Waals surface area contributed by atoms with Crippen LogP contribution in [0.15, 0.2) is 0 Å². The Morgan fingerprint density at radius 1 is 0.795 bits per heavy atom. The molecule has 6 N–H and O–H groups in total. The van der Waals surface area contributed by atoms with Crippen LogP contribution < -0.4 is 0 Å². The molecule has 0 radical (unpaired) electrons. The van der Waals surface area contributed by atoms with Crippen molar-refractivity contribution in [3.63, 3.8) is 0 Å². The molecule has 4 aliphatic rings. The summed E-state index contributed by atoms with van der Waals surface area (Å²) in [6.45, 7) is 2.98. The number of aliphatic hydroxyl groups is 6. The minimum Gasteiger partial charge on any atom is -0.396 e. The third-order valence-electron chi connectivity index (χ3n) is 8.46. The summed E-state index contributed by atoms with van der Waals surface area (Å²) in [6, 6.07) is 0. The fourth-order valence-electron chi connectivity index (χ4n) is 6.00. The van der Waals surface area contributed by atoms with Crippen LogP contribution in [0.5, 0.6) is 0 Å². The van der Waals surface area contributed by atoms with Crippen molar-refractivity contribution in [3.8, 4) is 0 Å². The van der Waals surface area contributed by atoms with E-state index in [2.05, 4.69) is 0 Å². The summed E-state index contributed by atoms with van der Waals surface area (Å²) in [6.07, 6.45) is -10.0. The first-order valence-electron chi connectivity index (χ1n) is 14.0. The van der Waals surface area contributed by atoms with Crippen LogP contribution in [0.25, 0.3) is 0 Å². The lowest BCUT2D eigenvalue weighted by Gasteiger charge is -2.47. The topological polar surface area (TPSA) is 194 Å². The molecule has 0 aromatic carbocycles. The number of aldehydes is 1. The molecule has 15 atom stereocenters. The van der Waals surface area contributed by atoms with Gasteiger partial charge in [-0.25, -0.2) is 0 Å². The van der Waals surface area contributed by atoms with Crippen molar-refractivity contribution in [2.45, 2.75) is 126 Å². The Morgan fingerprint density at radius 3 is 2.26 bits per heavy atom. The Labute approximate surface area is 227 Å². The van der Waals surface area contributed by atoms with Gasteiger partial charge in [0.15, 0.2) is 12.6 Å². The first kappa shape index (κ1) is 31.1. The molecular weight excluding hydrogens is 520 g/mol. The molecule has 6 unspecified atom stereocenters. The maximum Gasteiger partial charge on any atom is 0.187 e. The fourth-order valence-corrected chi connectivity index (χ4v) is 6.00. The number of ether oxygens (including phenoxy) is 6. The lowest BCUT2D eigenvalue weighted by molar-refractivity contribution is -0.352. The second-order valence-electron chi connectivity index (χ2n) is 11.2. The summed E-state index contributed by atoms with van der Waals surface area (Å²) in [5.41, 5.74) is 0. The van der Waals surface area contributed by atoms with Crippen LogP contribution in [0, 0.1) is 11.8 Å². The van der Waals surface area contributed by atoms with E-state index in [1.807, 2.05) is 6.92 Å². The van der Waals surface area contributed by atoms with E-state index in [1.54, 1.807) is 6.92 Å². The summed E-state index contributed by atoms with van der Waals surface area (Å²) >= 11 is 0. The molecule has 3 saturated heterocycles. The molecule has 13 nitrogen and oxygen atoms in total. The van der Waals surface area contributed by atoms with Gasteiger partial charge < -0.3 is 63.9 Å². The van der Waals surface area contributed by atoms with Crippen molar-refractivity contribution in [2.75, 3.05) is 19.8 Å². The number of rotatable bonds is 7. The zero-order chi connectivity index (χ0) is 28.3. The lowest BCUT2D eigenvalue weighted by Crippen LogP contribution is -2.63. The zero-order valence-electron chi connectivity index (χ0n) is 22.4. The van der Waals surface area contributed by atoms with Gasteiger partial charge in [0.1, 0.15) is 55.1 Å². The summed E-state index contributed by atoms with van der Waals surface area (Å²) < 4.78 is 36.3. The summed E-state index contributed by atoms with van der Waals surface area (Å²) in [4.78, 5) is 11.8. The van der Waals surface area contributed by atoms with Crippen molar-refractivity contribution in [1.29, 1.82) is 0 Å². The molecule has 0 aromatic heterocycles. The average molecular weight is 565 g/mol. The van der Waals surface area contributed by atoms with Gasteiger partial charge in [0.25, 0.3) is 0 Å². The number of carbonyl (C=O) groups is 1. The van der Waals surface area contributed by atoms with Crippen LogP contribution in [0.3, 0.4) is 0 Å². The Morgan fingerprint density at radius 2 is 1.56 bits per heavy atom. The van der Waals surface area contributed by atoms with Gasteiger partial charge in [0, 0.05) is 19.1 Å². The van der Waals surface area contributed by atoms with Crippen LogP contribution >= 0.6 is 0 Å². The summed E-state index contributed by atoms with van der Waals surface area (Å²) in [7, 11) is 0. The van der Waals surface area contributed by atoms with E-state index in [0.717, 1.165) is 12.8 Å². The van der Waals surface area contributed by atoms with Gasteiger partial charge in [-0.3, -0.25) is 0 Å². The molecule has 3 aliphatic heterocycles. The van der Waals surface area contributed by atoms with E-state index in [4.69, 9.17) is 28.4 Å².